The first-order valence-corrected chi connectivity index (χ1v) is 15.2. The Morgan fingerprint density at radius 2 is 2.03 bits per heavy atom. The Morgan fingerprint density at radius 1 is 1.25 bits per heavy atom. The Bertz CT molecular complexity index is 1310. The van der Waals surface area contributed by atoms with Crippen molar-refractivity contribution in [3.05, 3.63) is 47.5 Å². The van der Waals surface area contributed by atoms with Crippen LogP contribution >= 0.6 is 35.5 Å². The number of nitrogens with one attached hydrogen (secondary N) is 2. The third-order valence-corrected chi connectivity index (χ3v) is 11.4. The first-order valence-electron chi connectivity index (χ1n) is 12.0. The van der Waals surface area contributed by atoms with Gasteiger partial charge in [0.1, 0.15) is 9.25 Å². The van der Waals surface area contributed by atoms with Gasteiger partial charge >= 0.3 is 0 Å². The van der Waals surface area contributed by atoms with E-state index in [1.165, 1.54) is 15.6 Å². The molecule has 3 N–H and O–H groups in total. The molecule has 1 aliphatic heterocycles. The highest BCUT2D eigenvalue weighted by Gasteiger charge is 2.29. The smallest absolute Gasteiger partial charge is 0.273 e. The van der Waals surface area contributed by atoms with Crippen molar-refractivity contribution in [2.75, 3.05) is 24.4 Å². The highest BCUT2D eigenvalue weighted by Crippen LogP contribution is 2.34. The third kappa shape index (κ3) is 5.79. The molecule has 0 spiro atoms. The molecule has 3 aromatic rings. The van der Waals surface area contributed by atoms with Gasteiger partial charge in [0.15, 0.2) is 0 Å². The van der Waals surface area contributed by atoms with Crippen LogP contribution in [0.3, 0.4) is 0 Å². The summed E-state index contributed by atoms with van der Waals surface area (Å²) < 4.78 is 27.8. The lowest BCUT2D eigenvalue weighted by atomic mass is 9.83. The van der Waals surface area contributed by atoms with Gasteiger partial charge in [-0.2, -0.15) is 0 Å². The van der Waals surface area contributed by atoms with Gasteiger partial charge in [-0.3, -0.25) is 9.30 Å². The zero-order chi connectivity index (χ0) is 24.6. The van der Waals surface area contributed by atoms with Crippen molar-refractivity contribution in [2.24, 2.45) is 4.99 Å². The summed E-state index contributed by atoms with van der Waals surface area (Å²) >= 11 is 3.01. The number of aliphatic imine (C=N–C) groups is 1. The number of aromatic amines is 1. The van der Waals surface area contributed by atoms with Crippen LogP contribution in [0.2, 0.25) is 0 Å². The number of halogens is 1. The molecule has 0 amide bonds. The van der Waals surface area contributed by atoms with Crippen molar-refractivity contribution in [1.29, 1.82) is 0 Å². The largest absolute Gasteiger partial charge is 0.390 e. The lowest BCUT2D eigenvalue weighted by Crippen LogP contribution is -2.40. The Hall–Kier alpha value is -1.56. The van der Waals surface area contributed by atoms with Crippen LogP contribution < -0.4 is 9.62 Å². The molecule has 0 radical (unpaired) electrons. The third-order valence-electron chi connectivity index (χ3n) is 6.99. The second-order valence-corrected chi connectivity index (χ2v) is 14.2. The van der Waals surface area contributed by atoms with Gasteiger partial charge in [-0.15, -0.1) is 23.7 Å². The molecule has 196 valence electrons. The second kappa shape index (κ2) is 11.0. The van der Waals surface area contributed by atoms with Crippen molar-refractivity contribution in [3.8, 4) is 0 Å². The molecule has 1 saturated carbocycles. The molecule has 36 heavy (non-hydrogen) atoms. The van der Waals surface area contributed by atoms with E-state index < -0.39 is 15.6 Å². The number of anilines is 1. The molecule has 1 atom stereocenters. The zero-order valence-corrected chi connectivity index (χ0v) is 23.7. The van der Waals surface area contributed by atoms with Crippen molar-refractivity contribution < 1.29 is 13.5 Å². The fraction of sp³-hybridized carbons (Fsp3) is 0.480. The van der Waals surface area contributed by atoms with E-state index in [1.807, 2.05) is 25.1 Å². The van der Waals surface area contributed by atoms with E-state index in [4.69, 9.17) is 4.99 Å². The first-order chi connectivity index (χ1) is 16.7. The average molecular weight is 569 g/mol. The van der Waals surface area contributed by atoms with Crippen LogP contribution in [-0.4, -0.2) is 60.6 Å². The number of sulfonamides is 1. The molecule has 1 aliphatic carbocycles. The number of H-pyrrole nitrogens is 1. The number of nitrogens with zero attached hydrogens (tertiary/aromatic N) is 2. The van der Waals surface area contributed by atoms with Crippen LogP contribution in [0, 0.1) is 0 Å². The van der Waals surface area contributed by atoms with Gasteiger partial charge in [0, 0.05) is 23.7 Å². The topological polar surface area (TPSA) is 97.8 Å². The molecule has 1 fully saturated rings. The summed E-state index contributed by atoms with van der Waals surface area (Å²) in [5.74, 6) is 0. The van der Waals surface area contributed by atoms with Crippen LogP contribution in [0.4, 0.5) is 5.69 Å². The maximum absolute atomic E-state index is 13.1. The number of hydrogen-bond acceptors (Lipinski definition) is 7. The van der Waals surface area contributed by atoms with E-state index >= 15 is 0 Å². The number of aliphatic hydroxyl groups is 1. The van der Waals surface area contributed by atoms with E-state index in [9.17, 15) is 13.5 Å². The highest BCUT2D eigenvalue weighted by molar-refractivity contribution is 8.15. The quantitative estimate of drug-likeness (QED) is 0.355. The van der Waals surface area contributed by atoms with Crippen LogP contribution in [0.1, 0.15) is 44.7 Å². The Balaban J connectivity index is 0.00000304. The normalized spacial score (nSPS) is 24.5. The summed E-state index contributed by atoms with van der Waals surface area (Å²) in [4.78, 5) is 8.24. The molecule has 5 rings (SSSR count). The van der Waals surface area contributed by atoms with Gasteiger partial charge in [0.25, 0.3) is 10.0 Å². The van der Waals surface area contributed by atoms with Crippen LogP contribution in [0.25, 0.3) is 10.9 Å². The van der Waals surface area contributed by atoms with Crippen LogP contribution in [0.5, 0.6) is 0 Å². The molecule has 1 unspecified atom stereocenters. The summed E-state index contributed by atoms with van der Waals surface area (Å²) in [6, 6.07) is 11.7. The van der Waals surface area contributed by atoms with Gasteiger partial charge in [0.05, 0.1) is 29.0 Å². The second-order valence-electron chi connectivity index (χ2n) is 9.73. The molecular formula is C25H33ClN4O3S3. The summed E-state index contributed by atoms with van der Waals surface area (Å²) in [6.07, 6.45) is 4.82. The number of thioether (sulfide) groups is 1. The molecule has 7 nitrogen and oxygen atoms in total. The van der Waals surface area contributed by atoms with Crippen molar-refractivity contribution in [3.63, 3.8) is 0 Å². The fourth-order valence-electron chi connectivity index (χ4n) is 4.80. The number of rotatable bonds is 8. The Kier molecular flexibility index (Phi) is 8.43. The average Bonchev–Trinajstić information content (AvgIpc) is 3.59. The maximum atomic E-state index is 13.1. The Morgan fingerprint density at radius 3 is 2.75 bits per heavy atom. The van der Waals surface area contributed by atoms with Gasteiger partial charge in [0.2, 0.25) is 0 Å². The summed E-state index contributed by atoms with van der Waals surface area (Å²) in [5, 5.41) is 17.9. The van der Waals surface area contributed by atoms with Crippen LogP contribution in [0.15, 0.2) is 51.0 Å². The van der Waals surface area contributed by atoms with E-state index in [0.717, 1.165) is 66.8 Å². The van der Waals surface area contributed by atoms with Crippen molar-refractivity contribution in [2.45, 2.75) is 60.1 Å². The first kappa shape index (κ1) is 27.5. The molecule has 1 aromatic carbocycles. The number of aromatic nitrogens is 1. The molecular weight excluding hydrogens is 536 g/mol. The van der Waals surface area contributed by atoms with Gasteiger partial charge in [-0.25, -0.2) is 8.42 Å². The minimum Gasteiger partial charge on any atom is -0.390 e. The number of fused-ring (bicyclic) bond motifs is 1. The predicted molar refractivity (Wildman–Crippen MR) is 154 cm³/mol. The molecule has 0 saturated heterocycles. The molecule has 0 bridgehead atoms. The van der Waals surface area contributed by atoms with Crippen LogP contribution in [-0.2, 0) is 10.0 Å². The SMILES string of the molecule is CN(c1cccc2cc(C3=NCC(CCN[C@H]4CC[C@@](C)(O)CC4)S3)[nH]c12)S(=O)(=O)c1cccs1.Cl. The minimum atomic E-state index is -3.61. The van der Waals surface area contributed by atoms with E-state index in [2.05, 4.69) is 16.4 Å². The lowest BCUT2D eigenvalue weighted by molar-refractivity contribution is 0.0142. The number of para-hydroxylation sites is 1. The van der Waals surface area contributed by atoms with E-state index in [-0.39, 0.29) is 12.4 Å². The van der Waals surface area contributed by atoms with E-state index in [1.54, 1.807) is 36.3 Å². The number of hydrogen-bond donors (Lipinski definition) is 3. The van der Waals surface area contributed by atoms with Gasteiger partial charge in [-0.05, 0) is 69.2 Å². The number of benzene rings is 1. The molecule has 2 aromatic heterocycles. The van der Waals surface area contributed by atoms with Crippen molar-refractivity contribution in [1.82, 2.24) is 10.3 Å². The number of thiophene rings is 1. The summed E-state index contributed by atoms with van der Waals surface area (Å²) in [7, 11) is -2.01. The molecule has 3 heterocycles. The van der Waals surface area contributed by atoms with Crippen molar-refractivity contribution >= 4 is 67.2 Å². The molecule has 11 heteroatoms. The van der Waals surface area contributed by atoms with Gasteiger partial charge < -0.3 is 15.4 Å². The van der Waals surface area contributed by atoms with E-state index in [0.29, 0.717) is 21.2 Å². The highest BCUT2D eigenvalue weighted by atomic mass is 35.5. The summed E-state index contributed by atoms with van der Waals surface area (Å²) in [5.41, 5.74) is 1.86. The standard InChI is InChI=1S/C25H32N4O3S3.ClH/c1-25(30)11-8-18(9-12-25)26-13-10-19-16-27-24(34-19)20-15-17-5-3-6-21(23(17)28-20)29(2)35(31,32)22-7-4-14-33-22;/h3-7,14-15,18-19,26,28,30H,8-13,16H2,1-2H3;1H/t18-,19?,25+;. The minimum absolute atomic E-state index is 0. The van der Waals surface area contributed by atoms with Gasteiger partial charge in [-0.1, -0.05) is 30.0 Å². The monoisotopic (exact) mass is 568 g/mol. The fourth-order valence-corrected chi connectivity index (χ4v) is 8.26. The zero-order valence-electron chi connectivity index (χ0n) is 20.4. The predicted octanol–water partition coefficient (Wildman–Crippen LogP) is 5.01. The molecule has 2 aliphatic rings. The lowest BCUT2D eigenvalue weighted by Gasteiger charge is -2.33. The summed E-state index contributed by atoms with van der Waals surface area (Å²) in [6.45, 7) is 3.68. The maximum Gasteiger partial charge on any atom is 0.273 e. The Labute approximate surface area is 227 Å².